The third-order valence-electron chi connectivity index (χ3n) is 3.47. The van der Waals surface area contributed by atoms with E-state index in [2.05, 4.69) is 0 Å². The lowest BCUT2D eigenvalue weighted by atomic mass is 10.0. The third-order valence-corrected chi connectivity index (χ3v) is 3.47. The van der Waals surface area contributed by atoms with Crippen LogP contribution in [0, 0.1) is 0 Å². The molecular formula is C15H22N2O2. The lowest BCUT2D eigenvalue weighted by Gasteiger charge is -2.39. The van der Waals surface area contributed by atoms with Crippen molar-refractivity contribution in [2.45, 2.75) is 31.9 Å². The molecule has 1 saturated heterocycles. The van der Waals surface area contributed by atoms with Crippen LogP contribution in [0.2, 0.25) is 0 Å². The second kappa shape index (κ2) is 6.68. The molecule has 1 aliphatic heterocycles. The van der Waals surface area contributed by atoms with E-state index in [-0.39, 0.29) is 18.1 Å². The molecule has 2 atom stereocenters. The van der Waals surface area contributed by atoms with Gasteiger partial charge in [-0.1, -0.05) is 30.3 Å². The van der Waals surface area contributed by atoms with Gasteiger partial charge in [-0.15, -0.1) is 0 Å². The van der Waals surface area contributed by atoms with E-state index in [4.69, 9.17) is 10.5 Å². The van der Waals surface area contributed by atoms with Gasteiger partial charge in [0.25, 0.3) is 0 Å². The molecule has 1 fully saturated rings. The fourth-order valence-corrected chi connectivity index (χ4v) is 2.43. The van der Waals surface area contributed by atoms with E-state index in [1.807, 2.05) is 42.2 Å². The Balaban J connectivity index is 2.13. The molecule has 4 nitrogen and oxygen atoms in total. The van der Waals surface area contributed by atoms with E-state index >= 15 is 0 Å². The Morgan fingerprint density at radius 1 is 1.42 bits per heavy atom. The zero-order valence-electron chi connectivity index (χ0n) is 11.4. The van der Waals surface area contributed by atoms with E-state index in [0.717, 1.165) is 12.0 Å². The van der Waals surface area contributed by atoms with E-state index < -0.39 is 0 Å². The van der Waals surface area contributed by atoms with Gasteiger partial charge in [0.1, 0.15) is 0 Å². The highest BCUT2D eigenvalue weighted by molar-refractivity contribution is 5.77. The Kier molecular flexibility index (Phi) is 4.93. The van der Waals surface area contributed by atoms with Gasteiger partial charge in [-0.3, -0.25) is 4.79 Å². The van der Waals surface area contributed by atoms with Gasteiger partial charge in [0.2, 0.25) is 5.91 Å². The SMILES string of the molecule is C[C@@H]1CN(C(=O)CCCN)[C@H](c2ccccc2)CO1. The molecule has 1 aromatic carbocycles. The highest BCUT2D eigenvalue weighted by Crippen LogP contribution is 2.26. The molecular weight excluding hydrogens is 240 g/mol. The number of nitrogens with zero attached hydrogens (tertiary/aromatic N) is 1. The summed E-state index contributed by atoms with van der Waals surface area (Å²) in [5.74, 6) is 0.175. The first-order chi connectivity index (χ1) is 9.22. The molecule has 0 radical (unpaired) electrons. The van der Waals surface area contributed by atoms with Gasteiger partial charge in [-0.2, -0.15) is 0 Å². The van der Waals surface area contributed by atoms with Crippen molar-refractivity contribution in [3.63, 3.8) is 0 Å². The molecule has 0 unspecified atom stereocenters. The molecule has 2 rings (SSSR count). The van der Waals surface area contributed by atoms with Gasteiger partial charge >= 0.3 is 0 Å². The molecule has 19 heavy (non-hydrogen) atoms. The predicted molar refractivity (Wildman–Crippen MR) is 74.6 cm³/mol. The third kappa shape index (κ3) is 3.55. The largest absolute Gasteiger partial charge is 0.374 e. The Morgan fingerprint density at radius 2 is 2.16 bits per heavy atom. The maximum absolute atomic E-state index is 12.3. The van der Waals surface area contributed by atoms with Crippen LogP contribution in [0.3, 0.4) is 0 Å². The molecule has 0 spiro atoms. The van der Waals surface area contributed by atoms with Crippen LogP contribution in [0.1, 0.15) is 31.4 Å². The van der Waals surface area contributed by atoms with Gasteiger partial charge < -0.3 is 15.4 Å². The van der Waals surface area contributed by atoms with Crippen molar-refractivity contribution in [2.24, 2.45) is 5.73 Å². The number of hydrogen-bond donors (Lipinski definition) is 1. The van der Waals surface area contributed by atoms with Gasteiger partial charge in [0, 0.05) is 13.0 Å². The van der Waals surface area contributed by atoms with Gasteiger partial charge in [-0.05, 0) is 25.5 Å². The first-order valence-corrected chi connectivity index (χ1v) is 6.88. The number of hydrogen-bond acceptors (Lipinski definition) is 3. The van der Waals surface area contributed by atoms with Crippen molar-refractivity contribution < 1.29 is 9.53 Å². The number of carbonyl (C=O) groups excluding carboxylic acids is 1. The van der Waals surface area contributed by atoms with Gasteiger partial charge in [0.05, 0.1) is 18.8 Å². The Hall–Kier alpha value is -1.39. The minimum Gasteiger partial charge on any atom is -0.374 e. The van der Waals surface area contributed by atoms with Crippen molar-refractivity contribution in [3.05, 3.63) is 35.9 Å². The van der Waals surface area contributed by atoms with Crippen LogP contribution in [-0.4, -0.2) is 36.6 Å². The zero-order chi connectivity index (χ0) is 13.7. The topological polar surface area (TPSA) is 55.6 Å². The van der Waals surface area contributed by atoms with Gasteiger partial charge in [-0.25, -0.2) is 0 Å². The summed E-state index contributed by atoms with van der Waals surface area (Å²) in [6.07, 6.45) is 1.36. The normalized spacial score (nSPS) is 23.4. The summed E-state index contributed by atoms with van der Waals surface area (Å²) >= 11 is 0. The van der Waals surface area contributed by atoms with Crippen molar-refractivity contribution in [2.75, 3.05) is 19.7 Å². The number of morpholine rings is 1. The summed E-state index contributed by atoms with van der Waals surface area (Å²) < 4.78 is 5.71. The molecule has 104 valence electrons. The molecule has 1 aromatic rings. The first kappa shape index (κ1) is 14.0. The molecule has 0 aliphatic carbocycles. The van der Waals surface area contributed by atoms with Crippen LogP contribution in [-0.2, 0) is 9.53 Å². The van der Waals surface area contributed by atoms with Crippen molar-refractivity contribution in [1.82, 2.24) is 4.90 Å². The monoisotopic (exact) mass is 262 g/mol. The van der Waals surface area contributed by atoms with E-state index in [0.29, 0.717) is 26.1 Å². The van der Waals surface area contributed by atoms with Crippen LogP contribution in [0.5, 0.6) is 0 Å². The van der Waals surface area contributed by atoms with Crippen LogP contribution >= 0.6 is 0 Å². The molecule has 0 aromatic heterocycles. The zero-order valence-corrected chi connectivity index (χ0v) is 11.4. The fraction of sp³-hybridized carbons (Fsp3) is 0.533. The number of carbonyl (C=O) groups is 1. The Labute approximate surface area is 114 Å². The second-order valence-corrected chi connectivity index (χ2v) is 5.01. The minimum absolute atomic E-state index is 0.0303. The van der Waals surface area contributed by atoms with Crippen LogP contribution in [0.4, 0.5) is 0 Å². The highest BCUT2D eigenvalue weighted by Gasteiger charge is 2.30. The fourth-order valence-electron chi connectivity index (χ4n) is 2.43. The van der Waals surface area contributed by atoms with Crippen LogP contribution in [0.15, 0.2) is 30.3 Å². The average molecular weight is 262 g/mol. The summed E-state index contributed by atoms with van der Waals surface area (Å²) in [5, 5.41) is 0. The van der Waals surface area contributed by atoms with Crippen molar-refractivity contribution >= 4 is 5.91 Å². The van der Waals surface area contributed by atoms with E-state index in [1.165, 1.54) is 0 Å². The van der Waals surface area contributed by atoms with Crippen LogP contribution < -0.4 is 5.73 Å². The molecule has 0 saturated carbocycles. The molecule has 1 aliphatic rings. The summed E-state index contributed by atoms with van der Waals surface area (Å²) in [5.41, 5.74) is 6.62. The number of amides is 1. The standard InChI is InChI=1S/C15H22N2O2/c1-12-10-17(15(18)8-5-9-16)14(11-19-12)13-6-3-2-4-7-13/h2-4,6-7,12,14H,5,8-11,16H2,1H3/t12-,14+/m1/s1. The Bertz CT molecular complexity index is 408. The van der Waals surface area contributed by atoms with E-state index in [9.17, 15) is 4.79 Å². The Morgan fingerprint density at radius 3 is 2.84 bits per heavy atom. The highest BCUT2D eigenvalue weighted by atomic mass is 16.5. The number of nitrogens with two attached hydrogens (primary N) is 1. The number of ether oxygens (including phenoxy) is 1. The number of benzene rings is 1. The predicted octanol–water partition coefficient (Wildman–Crippen LogP) is 1.71. The number of rotatable bonds is 4. The molecule has 1 heterocycles. The minimum atomic E-state index is 0.0303. The summed E-state index contributed by atoms with van der Waals surface area (Å²) in [6, 6.07) is 10.1. The lowest BCUT2D eigenvalue weighted by Crippen LogP contribution is -2.46. The van der Waals surface area contributed by atoms with E-state index in [1.54, 1.807) is 0 Å². The van der Waals surface area contributed by atoms with Gasteiger partial charge in [0.15, 0.2) is 0 Å². The lowest BCUT2D eigenvalue weighted by molar-refractivity contribution is -0.144. The maximum Gasteiger partial charge on any atom is 0.223 e. The quantitative estimate of drug-likeness (QED) is 0.898. The maximum atomic E-state index is 12.3. The molecule has 2 N–H and O–H groups in total. The van der Waals surface area contributed by atoms with Crippen molar-refractivity contribution in [1.29, 1.82) is 0 Å². The molecule has 4 heteroatoms. The summed E-state index contributed by atoms with van der Waals surface area (Å²) in [7, 11) is 0. The summed E-state index contributed by atoms with van der Waals surface area (Å²) in [4.78, 5) is 14.2. The molecule has 1 amide bonds. The summed E-state index contributed by atoms with van der Waals surface area (Å²) in [6.45, 7) is 3.79. The van der Waals surface area contributed by atoms with Crippen LogP contribution in [0.25, 0.3) is 0 Å². The smallest absolute Gasteiger partial charge is 0.223 e. The molecule has 0 bridgehead atoms. The first-order valence-electron chi connectivity index (χ1n) is 6.88. The average Bonchev–Trinajstić information content (AvgIpc) is 2.45. The van der Waals surface area contributed by atoms with Crippen molar-refractivity contribution in [3.8, 4) is 0 Å². The second-order valence-electron chi connectivity index (χ2n) is 5.01.